The number of rotatable bonds is 3. The van der Waals surface area contributed by atoms with E-state index in [2.05, 4.69) is 15.5 Å². The molecule has 25 heavy (non-hydrogen) atoms. The van der Waals surface area contributed by atoms with Gasteiger partial charge in [0.25, 0.3) is 5.91 Å². The van der Waals surface area contributed by atoms with Crippen LogP contribution < -0.4 is 14.9 Å². The van der Waals surface area contributed by atoms with Crippen LogP contribution in [-0.2, 0) is 4.79 Å². The van der Waals surface area contributed by atoms with Gasteiger partial charge in [-0.1, -0.05) is 24.3 Å². The van der Waals surface area contributed by atoms with Crippen LogP contribution in [0.25, 0.3) is 10.2 Å². The van der Waals surface area contributed by atoms with E-state index in [1.165, 1.54) is 11.3 Å². The SMILES string of the molecule is CC(=NNC(=O)[C@@H]1COc2ccccc2O1)c1nc2ccccc2s1. The van der Waals surface area contributed by atoms with E-state index < -0.39 is 6.10 Å². The molecule has 126 valence electrons. The van der Waals surface area contributed by atoms with Crippen LogP contribution in [0.15, 0.2) is 53.6 Å². The highest BCUT2D eigenvalue weighted by atomic mass is 32.1. The molecule has 0 saturated carbocycles. The standard InChI is InChI=1S/C18H15N3O3S/c1-11(18-19-12-6-2-5-9-16(12)25-18)20-21-17(22)15-10-23-13-7-3-4-8-14(13)24-15/h2-9,15H,10H2,1H3,(H,21,22)/t15-/m0/s1. The highest BCUT2D eigenvalue weighted by Crippen LogP contribution is 2.30. The fourth-order valence-electron chi connectivity index (χ4n) is 2.43. The Bertz CT molecular complexity index is 934. The maximum absolute atomic E-state index is 12.3. The second kappa shape index (κ2) is 6.52. The van der Waals surface area contributed by atoms with Gasteiger partial charge in [0.2, 0.25) is 6.10 Å². The number of hydrogen-bond donors (Lipinski definition) is 1. The average molecular weight is 353 g/mol. The number of fused-ring (bicyclic) bond motifs is 2. The average Bonchev–Trinajstić information content (AvgIpc) is 3.09. The Kier molecular flexibility index (Phi) is 4.07. The molecule has 1 atom stereocenters. The monoisotopic (exact) mass is 353 g/mol. The van der Waals surface area contributed by atoms with Crippen molar-refractivity contribution in [3.63, 3.8) is 0 Å². The van der Waals surface area contributed by atoms with Crippen LogP contribution in [0.5, 0.6) is 11.5 Å². The summed E-state index contributed by atoms with van der Waals surface area (Å²) >= 11 is 1.53. The Labute approximate surface area is 148 Å². The van der Waals surface area contributed by atoms with Crippen molar-refractivity contribution in [2.75, 3.05) is 6.61 Å². The van der Waals surface area contributed by atoms with Gasteiger partial charge in [-0.25, -0.2) is 10.4 Å². The van der Waals surface area contributed by atoms with Crippen molar-refractivity contribution < 1.29 is 14.3 Å². The number of nitrogens with one attached hydrogen (secondary N) is 1. The largest absolute Gasteiger partial charge is 0.485 e. The Balaban J connectivity index is 1.45. The van der Waals surface area contributed by atoms with Crippen molar-refractivity contribution in [1.82, 2.24) is 10.4 Å². The Morgan fingerprint density at radius 3 is 2.80 bits per heavy atom. The van der Waals surface area contributed by atoms with E-state index in [0.717, 1.165) is 15.2 Å². The van der Waals surface area contributed by atoms with Crippen LogP contribution >= 0.6 is 11.3 Å². The first-order valence-electron chi connectivity index (χ1n) is 7.79. The third-order valence-electron chi connectivity index (χ3n) is 3.74. The minimum atomic E-state index is -0.734. The number of amides is 1. The van der Waals surface area contributed by atoms with Gasteiger partial charge >= 0.3 is 0 Å². The molecule has 1 N–H and O–H groups in total. The van der Waals surface area contributed by atoms with Crippen LogP contribution in [0.3, 0.4) is 0 Å². The van der Waals surface area contributed by atoms with Crippen LogP contribution in [0, 0.1) is 0 Å². The minimum absolute atomic E-state index is 0.151. The number of ether oxygens (including phenoxy) is 2. The van der Waals surface area contributed by atoms with Crippen LogP contribution in [-0.4, -0.2) is 29.3 Å². The number of para-hydroxylation sites is 3. The predicted molar refractivity (Wildman–Crippen MR) is 96.3 cm³/mol. The summed E-state index contributed by atoms with van der Waals surface area (Å²) in [6.45, 7) is 1.96. The van der Waals surface area contributed by atoms with E-state index in [1.54, 1.807) is 12.1 Å². The molecule has 0 aliphatic carbocycles. The van der Waals surface area contributed by atoms with Gasteiger partial charge in [0.15, 0.2) is 11.5 Å². The van der Waals surface area contributed by atoms with Crippen LogP contribution in [0.4, 0.5) is 0 Å². The zero-order chi connectivity index (χ0) is 17.2. The molecule has 1 aliphatic rings. The van der Waals surface area contributed by atoms with E-state index in [4.69, 9.17) is 9.47 Å². The van der Waals surface area contributed by atoms with Crippen LogP contribution in [0.1, 0.15) is 11.9 Å². The fraction of sp³-hybridized carbons (Fsp3) is 0.167. The summed E-state index contributed by atoms with van der Waals surface area (Å²) in [5.74, 6) is 0.844. The van der Waals surface area contributed by atoms with E-state index in [0.29, 0.717) is 17.2 Å². The maximum Gasteiger partial charge on any atom is 0.284 e. The number of hydrazone groups is 1. The van der Waals surface area contributed by atoms with Gasteiger partial charge in [-0.2, -0.15) is 5.10 Å². The lowest BCUT2D eigenvalue weighted by atomic mass is 10.2. The van der Waals surface area contributed by atoms with Gasteiger partial charge in [0.1, 0.15) is 11.6 Å². The highest BCUT2D eigenvalue weighted by Gasteiger charge is 2.27. The topological polar surface area (TPSA) is 72.8 Å². The molecule has 0 bridgehead atoms. The van der Waals surface area contributed by atoms with Crippen molar-refractivity contribution in [2.45, 2.75) is 13.0 Å². The molecule has 0 spiro atoms. The summed E-state index contributed by atoms with van der Waals surface area (Å²) in [4.78, 5) is 16.8. The van der Waals surface area contributed by atoms with E-state index in [1.807, 2.05) is 43.3 Å². The number of hydrogen-bond acceptors (Lipinski definition) is 6. The molecule has 1 aromatic heterocycles. The molecule has 3 aromatic rings. The number of carbonyl (C=O) groups excluding carboxylic acids is 1. The maximum atomic E-state index is 12.3. The number of thiazole rings is 1. The molecule has 0 saturated heterocycles. The molecule has 4 rings (SSSR count). The van der Waals surface area contributed by atoms with Crippen molar-refractivity contribution in [3.05, 3.63) is 53.5 Å². The van der Waals surface area contributed by atoms with Crippen molar-refractivity contribution in [1.29, 1.82) is 0 Å². The number of benzene rings is 2. The summed E-state index contributed by atoms with van der Waals surface area (Å²) in [7, 11) is 0. The van der Waals surface area contributed by atoms with E-state index >= 15 is 0 Å². The first-order chi connectivity index (χ1) is 12.2. The van der Waals surface area contributed by atoms with E-state index in [-0.39, 0.29) is 12.5 Å². The normalized spacial score (nSPS) is 16.7. The highest BCUT2D eigenvalue weighted by molar-refractivity contribution is 7.20. The molecule has 2 aromatic carbocycles. The molecule has 7 heteroatoms. The zero-order valence-electron chi connectivity index (χ0n) is 13.4. The molecule has 6 nitrogen and oxygen atoms in total. The van der Waals surface area contributed by atoms with Gasteiger partial charge in [0, 0.05) is 0 Å². The lowest BCUT2D eigenvalue weighted by Crippen LogP contribution is -2.42. The molecule has 2 heterocycles. The molecular formula is C18H15N3O3S. The van der Waals surface area contributed by atoms with Crippen molar-refractivity contribution in [2.24, 2.45) is 5.10 Å². The second-order valence-corrected chi connectivity index (χ2v) is 6.55. The van der Waals surface area contributed by atoms with E-state index in [9.17, 15) is 4.79 Å². The Hall–Kier alpha value is -2.93. The minimum Gasteiger partial charge on any atom is -0.485 e. The van der Waals surface area contributed by atoms with Gasteiger partial charge in [0.05, 0.1) is 15.9 Å². The molecule has 1 amide bonds. The van der Waals surface area contributed by atoms with Gasteiger partial charge in [-0.05, 0) is 31.2 Å². The summed E-state index contributed by atoms with van der Waals surface area (Å²) < 4.78 is 12.3. The predicted octanol–water partition coefficient (Wildman–Crippen LogP) is 2.98. The molecule has 0 radical (unpaired) electrons. The van der Waals surface area contributed by atoms with Gasteiger partial charge in [-0.3, -0.25) is 4.79 Å². The van der Waals surface area contributed by atoms with Crippen molar-refractivity contribution in [3.8, 4) is 11.5 Å². The lowest BCUT2D eigenvalue weighted by molar-refractivity contribution is -0.130. The summed E-state index contributed by atoms with van der Waals surface area (Å²) in [5, 5.41) is 4.92. The quantitative estimate of drug-likeness (QED) is 0.580. The third kappa shape index (κ3) is 3.18. The molecule has 0 unspecified atom stereocenters. The number of nitrogens with zero attached hydrogens (tertiary/aromatic N) is 2. The second-order valence-electron chi connectivity index (χ2n) is 5.52. The van der Waals surface area contributed by atoms with Gasteiger partial charge in [-0.15, -0.1) is 11.3 Å². The molecular weight excluding hydrogens is 338 g/mol. The zero-order valence-corrected chi connectivity index (χ0v) is 14.2. The van der Waals surface area contributed by atoms with Crippen LogP contribution in [0.2, 0.25) is 0 Å². The third-order valence-corrected chi connectivity index (χ3v) is 4.88. The smallest absolute Gasteiger partial charge is 0.284 e. The number of aromatic nitrogens is 1. The Morgan fingerprint density at radius 1 is 1.20 bits per heavy atom. The summed E-state index contributed by atoms with van der Waals surface area (Å²) in [6, 6.07) is 15.1. The molecule has 0 fully saturated rings. The first-order valence-corrected chi connectivity index (χ1v) is 8.61. The molecule has 1 aliphatic heterocycles. The fourth-order valence-corrected chi connectivity index (χ4v) is 3.34. The van der Waals surface area contributed by atoms with Crippen molar-refractivity contribution >= 4 is 33.2 Å². The summed E-state index contributed by atoms with van der Waals surface area (Å²) in [6.07, 6.45) is -0.734. The van der Waals surface area contributed by atoms with Gasteiger partial charge < -0.3 is 9.47 Å². The Morgan fingerprint density at radius 2 is 1.96 bits per heavy atom. The first kappa shape index (κ1) is 15.6. The summed E-state index contributed by atoms with van der Waals surface area (Å²) in [5.41, 5.74) is 4.10. The number of carbonyl (C=O) groups is 1. The lowest BCUT2D eigenvalue weighted by Gasteiger charge is -2.24.